The van der Waals surface area contributed by atoms with Gasteiger partial charge < -0.3 is 10.7 Å². The highest BCUT2D eigenvalue weighted by atomic mass is 19.1. The third kappa shape index (κ3) is 2.18. The van der Waals surface area contributed by atoms with Crippen molar-refractivity contribution in [3.63, 3.8) is 0 Å². The number of nitrogens with one attached hydrogen (secondary N) is 2. The minimum Gasteiger partial charge on any atom is -0.399 e. The van der Waals surface area contributed by atoms with Crippen molar-refractivity contribution in [2.45, 2.75) is 0 Å². The Balaban J connectivity index is 1.90. The number of imidazole rings is 1. The minimum atomic E-state index is -0.632. The summed E-state index contributed by atoms with van der Waals surface area (Å²) in [6.45, 7) is 0. The third-order valence-electron chi connectivity index (χ3n) is 2.86. The predicted molar refractivity (Wildman–Crippen MR) is 74.9 cm³/mol. The highest BCUT2D eigenvalue weighted by Crippen LogP contribution is 2.16. The molecule has 20 heavy (non-hydrogen) atoms. The van der Waals surface area contributed by atoms with E-state index in [0.29, 0.717) is 5.69 Å². The molecular formula is C14H11FN4O. The van der Waals surface area contributed by atoms with Gasteiger partial charge in [-0.2, -0.15) is 0 Å². The number of carbonyl (C=O) groups is 1. The Morgan fingerprint density at radius 3 is 2.85 bits per heavy atom. The first-order chi connectivity index (χ1) is 9.63. The topological polar surface area (TPSA) is 83.8 Å². The number of hydrogen-bond donors (Lipinski definition) is 3. The lowest BCUT2D eigenvalue weighted by Crippen LogP contribution is -2.15. The van der Waals surface area contributed by atoms with Crippen LogP contribution in [0.1, 0.15) is 10.4 Å². The number of aromatic nitrogens is 2. The maximum absolute atomic E-state index is 13.6. The van der Waals surface area contributed by atoms with Crippen LogP contribution in [0.3, 0.4) is 0 Å². The molecule has 0 spiro atoms. The van der Waals surface area contributed by atoms with Crippen molar-refractivity contribution >= 4 is 28.6 Å². The molecule has 1 amide bonds. The first-order valence-electron chi connectivity index (χ1n) is 5.94. The van der Waals surface area contributed by atoms with E-state index in [0.717, 1.165) is 17.1 Å². The first kappa shape index (κ1) is 12.2. The van der Waals surface area contributed by atoms with Gasteiger partial charge in [0.15, 0.2) is 0 Å². The maximum Gasteiger partial charge on any atom is 0.261 e. The molecule has 6 heteroatoms. The Labute approximate surface area is 113 Å². The first-order valence-corrected chi connectivity index (χ1v) is 5.94. The summed E-state index contributed by atoms with van der Waals surface area (Å²) in [6, 6.07) is 11.2. The molecule has 0 aliphatic carbocycles. The second-order valence-corrected chi connectivity index (χ2v) is 4.30. The Kier molecular flexibility index (Phi) is 2.83. The van der Waals surface area contributed by atoms with E-state index in [4.69, 9.17) is 5.73 Å². The lowest BCUT2D eigenvalue weighted by molar-refractivity contribution is 0.102. The van der Waals surface area contributed by atoms with Crippen molar-refractivity contribution in [1.82, 2.24) is 9.97 Å². The van der Waals surface area contributed by atoms with Crippen molar-refractivity contribution < 1.29 is 9.18 Å². The molecule has 5 nitrogen and oxygen atoms in total. The molecule has 0 saturated heterocycles. The van der Waals surface area contributed by atoms with E-state index in [2.05, 4.69) is 15.3 Å². The molecule has 0 bridgehead atoms. The average molecular weight is 270 g/mol. The van der Waals surface area contributed by atoms with Crippen LogP contribution in [0.2, 0.25) is 0 Å². The van der Waals surface area contributed by atoms with Gasteiger partial charge in [-0.25, -0.2) is 9.37 Å². The summed E-state index contributed by atoms with van der Waals surface area (Å²) in [6.07, 6.45) is 0. The molecule has 0 fully saturated rings. The van der Waals surface area contributed by atoms with Gasteiger partial charge in [-0.15, -0.1) is 0 Å². The Morgan fingerprint density at radius 1 is 1.25 bits per heavy atom. The van der Waals surface area contributed by atoms with Crippen LogP contribution in [-0.4, -0.2) is 15.9 Å². The number of para-hydroxylation sites is 2. The molecule has 0 unspecified atom stereocenters. The summed E-state index contributed by atoms with van der Waals surface area (Å²) in [5, 5.41) is 2.51. The minimum absolute atomic E-state index is 0.120. The number of H-pyrrole nitrogens is 1. The fraction of sp³-hybridized carbons (Fsp3) is 0. The molecule has 3 rings (SSSR count). The number of amides is 1. The van der Waals surface area contributed by atoms with Crippen LogP contribution < -0.4 is 11.1 Å². The largest absolute Gasteiger partial charge is 0.399 e. The van der Waals surface area contributed by atoms with Crippen LogP contribution in [0, 0.1) is 5.82 Å². The van der Waals surface area contributed by atoms with E-state index in [9.17, 15) is 9.18 Å². The molecule has 100 valence electrons. The van der Waals surface area contributed by atoms with Crippen molar-refractivity contribution in [3.05, 3.63) is 53.8 Å². The average Bonchev–Trinajstić information content (AvgIpc) is 2.83. The molecule has 0 aliphatic rings. The van der Waals surface area contributed by atoms with E-state index >= 15 is 0 Å². The standard InChI is InChI=1S/C14H11FN4O/c15-10-6-5-8(16)7-9(10)13(20)19-14-17-11-3-1-2-4-12(11)18-14/h1-7H,16H2,(H2,17,18,19,20). The SMILES string of the molecule is Nc1ccc(F)c(C(=O)Nc2nc3ccccc3[nH]2)c1. The summed E-state index contributed by atoms with van der Waals surface area (Å²) < 4.78 is 13.6. The number of rotatable bonds is 2. The number of nitrogen functional groups attached to an aromatic ring is 1. The van der Waals surface area contributed by atoms with Gasteiger partial charge in [0.2, 0.25) is 5.95 Å². The van der Waals surface area contributed by atoms with Gasteiger partial charge in [0.05, 0.1) is 16.6 Å². The van der Waals surface area contributed by atoms with E-state index in [1.54, 1.807) is 0 Å². The Morgan fingerprint density at radius 2 is 2.05 bits per heavy atom. The lowest BCUT2D eigenvalue weighted by Gasteiger charge is -2.04. The van der Waals surface area contributed by atoms with Crippen molar-refractivity contribution in [2.24, 2.45) is 0 Å². The van der Waals surface area contributed by atoms with Crippen LogP contribution >= 0.6 is 0 Å². The number of carbonyl (C=O) groups excluding carboxylic acids is 1. The zero-order valence-electron chi connectivity index (χ0n) is 10.4. The number of nitrogens with zero attached hydrogens (tertiary/aromatic N) is 1. The van der Waals surface area contributed by atoms with Gasteiger partial charge in [-0.1, -0.05) is 12.1 Å². The lowest BCUT2D eigenvalue weighted by atomic mass is 10.2. The Bertz CT molecular complexity index is 764. The fourth-order valence-electron chi connectivity index (χ4n) is 1.90. The van der Waals surface area contributed by atoms with Gasteiger partial charge in [0.25, 0.3) is 5.91 Å². The Hall–Kier alpha value is -2.89. The normalized spacial score (nSPS) is 10.7. The fourth-order valence-corrected chi connectivity index (χ4v) is 1.90. The van der Waals surface area contributed by atoms with Gasteiger partial charge in [0.1, 0.15) is 5.82 Å². The molecule has 0 saturated carbocycles. The summed E-state index contributed by atoms with van der Waals surface area (Å²) >= 11 is 0. The van der Waals surface area contributed by atoms with E-state index in [-0.39, 0.29) is 11.5 Å². The number of anilines is 2. The highest BCUT2D eigenvalue weighted by Gasteiger charge is 2.14. The molecule has 0 atom stereocenters. The molecule has 1 heterocycles. The smallest absolute Gasteiger partial charge is 0.261 e. The van der Waals surface area contributed by atoms with E-state index in [1.807, 2.05) is 24.3 Å². The number of hydrogen-bond acceptors (Lipinski definition) is 3. The van der Waals surface area contributed by atoms with Crippen LogP contribution in [-0.2, 0) is 0 Å². The van der Waals surface area contributed by atoms with Crippen molar-refractivity contribution in [2.75, 3.05) is 11.1 Å². The van der Waals surface area contributed by atoms with E-state index < -0.39 is 11.7 Å². The molecule has 3 aromatic rings. The molecule has 4 N–H and O–H groups in total. The molecule has 0 radical (unpaired) electrons. The van der Waals surface area contributed by atoms with E-state index in [1.165, 1.54) is 12.1 Å². The molecular weight excluding hydrogens is 259 g/mol. The van der Waals surface area contributed by atoms with Gasteiger partial charge in [-0.05, 0) is 30.3 Å². The number of aromatic amines is 1. The summed E-state index contributed by atoms with van der Waals surface area (Å²) in [4.78, 5) is 19.1. The quantitative estimate of drug-likeness (QED) is 0.626. The number of benzene rings is 2. The number of nitrogens with two attached hydrogens (primary N) is 1. The summed E-state index contributed by atoms with van der Waals surface area (Å²) in [5.41, 5.74) is 7.26. The number of fused-ring (bicyclic) bond motifs is 1. The van der Waals surface area contributed by atoms with Gasteiger partial charge >= 0.3 is 0 Å². The van der Waals surface area contributed by atoms with Crippen LogP contribution in [0.15, 0.2) is 42.5 Å². The van der Waals surface area contributed by atoms with Crippen molar-refractivity contribution in [3.8, 4) is 0 Å². The molecule has 1 aromatic heterocycles. The second-order valence-electron chi connectivity index (χ2n) is 4.30. The van der Waals surface area contributed by atoms with Gasteiger partial charge in [-0.3, -0.25) is 10.1 Å². The summed E-state index contributed by atoms with van der Waals surface area (Å²) in [5.74, 6) is -0.973. The molecule has 0 aliphatic heterocycles. The summed E-state index contributed by atoms with van der Waals surface area (Å²) in [7, 11) is 0. The third-order valence-corrected chi connectivity index (χ3v) is 2.86. The zero-order chi connectivity index (χ0) is 14.1. The van der Waals surface area contributed by atoms with Crippen LogP contribution in [0.25, 0.3) is 11.0 Å². The van der Waals surface area contributed by atoms with Crippen LogP contribution in [0.5, 0.6) is 0 Å². The van der Waals surface area contributed by atoms with Crippen molar-refractivity contribution in [1.29, 1.82) is 0 Å². The number of halogens is 1. The van der Waals surface area contributed by atoms with Crippen LogP contribution in [0.4, 0.5) is 16.0 Å². The zero-order valence-corrected chi connectivity index (χ0v) is 10.4. The maximum atomic E-state index is 13.6. The predicted octanol–water partition coefficient (Wildman–Crippen LogP) is 2.54. The van der Waals surface area contributed by atoms with Gasteiger partial charge in [0, 0.05) is 5.69 Å². The second kappa shape index (κ2) is 4.65. The monoisotopic (exact) mass is 270 g/mol. The highest BCUT2D eigenvalue weighted by molar-refractivity contribution is 6.04. The molecule has 2 aromatic carbocycles.